The number of nitrogens with zero attached hydrogens (tertiary/aromatic N) is 1. The minimum Gasteiger partial charge on any atom is -0.399 e. The predicted octanol–water partition coefficient (Wildman–Crippen LogP) is 3.64. The van der Waals surface area contributed by atoms with Crippen LogP contribution in [-0.4, -0.2) is 4.98 Å². The van der Waals surface area contributed by atoms with Crippen molar-refractivity contribution in [3.63, 3.8) is 0 Å². The normalized spacial score (nSPS) is 10.3. The third kappa shape index (κ3) is 2.22. The van der Waals surface area contributed by atoms with E-state index in [1.54, 1.807) is 30.5 Å². The van der Waals surface area contributed by atoms with Gasteiger partial charge in [-0.3, -0.25) is 4.98 Å². The number of halogens is 2. The highest BCUT2D eigenvalue weighted by atomic mass is 35.5. The van der Waals surface area contributed by atoms with Gasteiger partial charge < -0.3 is 5.73 Å². The Balaban J connectivity index is 2.54. The van der Waals surface area contributed by atoms with Crippen molar-refractivity contribution < 1.29 is 0 Å². The average molecular weight is 239 g/mol. The Bertz CT molecular complexity index is 498. The molecule has 0 spiro atoms. The summed E-state index contributed by atoms with van der Waals surface area (Å²) in [6.07, 6.45) is 1.65. The highest BCUT2D eigenvalue weighted by Gasteiger charge is 2.05. The van der Waals surface area contributed by atoms with E-state index in [4.69, 9.17) is 28.9 Å². The number of nitrogen functional groups attached to an aromatic ring is 1. The molecule has 2 nitrogen and oxygen atoms in total. The molecule has 0 amide bonds. The molecule has 2 rings (SSSR count). The molecular weight excluding hydrogens is 231 g/mol. The highest BCUT2D eigenvalue weighted by molar-refractivity contribution is 6.36. The van der Waals surface area contributed by atoms with Gasteiger partial charge in [-0.05, 0) is 30.3 Å². The first kappa shape index (κ1) is 10.3. The van der Waals surface area contributed by atoms with Gasteiger partial charge in [0.2, 0.25) is 0 Å². The van der Waals surface area contributed by atoms with Crippen molar-refractivity contribution in [3.8, 4) is 11.3 Å². The Kier molecular flexibility index (Phi) is 2.80. The van der Waals surface area contributed by atoms with E-state index in [0.717, 1.165) is 11.3 Å². The molecule has 0 bridgehead atoms. The molecule has 1 heterocycles. The van der Waals surface area contributed by atoms with Gasteiger partial charge in [-0.2, -0.15) is 0 Å². The van der Waals surface area contributed by atoms with Gasteiger partial charge in [0.1, 0.15) is 0 Å². The fourth-order valence-electron chi connectivity index (χ4n) is 1.29. The first-order valence-corrected chi connectivity index (χ1v) is 5.09. The van der Waals surface area contributed by atoms with Gasteiger partial charge in [-0.15, -0.1) is 0 Å². The topological polar surface area (TPSA) is 38.9 Å². The lowest BCUT2D eigenvalue weighted by Crippen LogP contribution is -1.89. The van der Waals surface area contributed by atoms with Crippen molar-refractivity contribution in [2.45, 2.75) is 0 Å². The average Bonchev–Trinajstić information content (AvgIpc) is 2.17. The van der Waals surface area contributed by atoms with Crippen molar-refractivity contribution in [2.24, 2.45) is 0 Å². The number of aromatic nitrogens is 1. The first-order valence-electron chi connectivity index (χ1n) is 4.34. The number of benzene rings is 1. The van der Waals surface area contributed by atoms with Crippen LogP contribution in [0.1, 0.15) is 0 Å². The van der Waals surface area contributed by atoms with E-state index in [1.165, 1.54) is 0 Å². The monoisotopic (exact) mass is 238 g/mol. The van der Waals surface area contributed by atoms with Gasteiger partial charge in [0.25, 0.3) is 0 Å². The number of rotatable bonds is 1. The summed E-state index contributed by atoms with van der Waals surface area (Å²) in [4.78, 5) is 4.19. The maximum absolute atomic E-state index is 6.05. The van der Waals surface area contributed by atoms with Crippen molar-refractivity contribution in [1.29, 1.82) is 0 Å². The van der Waals surface area contributed by atoms with Crippen LogP contribution in [0.2, 0.25) is 10.0 Å². The van der Waals surface area contributed by atoms with Gasteiger partial charge in [0.15, 0.2) is 0 Å². The molecule has 0 aliphatic carbocycles. The molecule has 15 heavy (non-hydrogen) atoms. The van der Waals surface area contributed by atoms with E-state index >= 15 is 0 Å². The third-order valence-electron chi connectivity index (χ3n) is 1.99. The van der Waals surface area contributed by atoms with Crippen LogP contribution in [-0.2, 0) is 0 Å². The third-order valence-corrected chi connectivity index (χ3v) is 2.54. The number of hydrogen-bond acceptors (Lipinski definition) is 2. The summed E-state index contributed by atoms with van der Waals surface area (Å²) in [5.74, 6) is 0. The molecule has 76 valence electrons. The summed E-state index contributed by atoms with van der Waals surface area (Å²) in [7, 11) is 0. The van der Waals surface area contributed by atoms with E-state index in [9.17, 15) is 0 Å². The lowest BCUT2D eigenvalue weighted by molar-refractivity contribution is 1.33. The molecule has 1 aromatic heterocycles. The molecule has 0 aliphatic rings. The minimum atomic E-state index is 0.570. The van der Waals surface area contributed by atoms with E-state index < -0.39 is 0 Å². The molecule has 1 aromatic carbocycles. The van der Waals surface area contributed by atoms with E-state index in [-0.39, 0.29) is 0 Å². The molecule has 0 unspecified atom stereocenters. The van der Waals surface area contributed by atoms with Crippen LogP contribution in [0, 0.1) is 0 Å². The second kappa shape index (κ2) is 4.09. The summed E-state index contributed by atoms with van der Waals surface area (Å²) >= 11 is 11.9. The Morgan fingerprint density at radius 3 is 2.53 bits per heavy atom. The summed E-state index contributed by atoms with van der Waals surface area (Å²) < 4.78 is 0. The number of hydrogen-bond donors (Lipinski definition) is 1. The predicted molar refractivity (Wildman–Crippen MR) is 64.1 cm³/mol. The molecule has 0 saturated heterocycles. The zero-order valence-corrected chi connectivity index (χ0v) is 9.26. The van der Waals surface area contributed by atoms with Crippen molar-refractivity contribution in [1.82, 2.24) is 4.98 Å². The first-order chi connectivity index (χ1) is 7.16. The molecule has 0 saturated carbocycles. The lowest BCUT2D eigenvalue weighted by Gasteiger charge is -2.04. The SMILES string of the molecule is Nc1ccnc(-c2ccc(Cl)cc2Cl)c1. The molecule has 0 atom stereocenters. The van der Waals surface area contributed by atoms with Crippen LogP contribution in [0.4, 0.5) is 5.69 Å². The van der Waals surface area contributed by atoms with Crippen LogP contribution in [0.3, 0.4) is 0 Å². The maximum atomic E-state index is 6.05. The van der Waals surface area contributed by atoms with Gasteiger partial charge >= 0.3 is 0 Å². The van der Waals surface area contributed by atoms with Gasteiger partial charge in [-0.25, -0.2) is 0 Å². The second-order valence-corrected chi connectivity index (χ2v) is 3.94. The van der Waals surface area contributed by atoms with E-state index in [1.807, 2.05) is 6.07 Å². The number of nitrogens with two attached hydrogens (primary N) is 1. The molecule has 4 heteroatoms. The molecule has 2 N–H and O–H groups in total. The summed E-state index contributed by atoms with van der Waals surface area (Å²) in [5, 5.41) is 1.17. The van der Waals surface area contributed by atoms with Gasteiger partial charge in [0, 0.05) is 22.5 Å². The van der Waals surface area contributed by atoms with Crippen LogP contribution in [0.15, 0.2) is 36.5 Å². The zero-order chi connectivity index (χ0) is 10.8. The molecule has 0 radical (unpaired) electrons. The number of pyridine rings is 1. The number of anilines is 1. The standard InChI is InChI=1S/C11H8Cl2N2/c12-7-1-2-9(10(13)5-7)11-6-8(14)3-4-15-11/h1-6H,(H2,14,15). The quantitative estimate of drug-likeness (QED) is 0.825. The summed E-state index contributed by atoms with van der Waals surface area (Å²) in [6.45, 7) is 0. The van der Waals surface area contributed by atoms with Crippen LogP contribution >= 0.6 is 23.2 Å². The van der Waals surface area contributed by atoms with Gasteiger partial charge in [0.05, 0.1) is 10.7 Å². The fraction of sp³-hybridized carbons (Fsp3) is 0. The van der Waals surface area contributed by atoms with E-state index in [0.29, 0.717) is 15.7 Å². The van der Waals surface area contributed by atoms with Crippen LogP contribution in [0.25, 0.3) is 11.3 Å². The Hall–Kier alpha value is -1.25. The van der Waals surface area contributed by atoms with Crippen molar-refractivity contribution >= 4 is 28.9 Å². The van der Waals surface area contributed by atoms with Crippen molar-refractivity contribution in [2.75, 3.05) is 5.73 Å². The smallest absolute Gasteiger partial charge is 0.0737 e. The summed E-state index contributed by atoms with van der Waals surface area (Å²) in [5.41, 5.74) is 7.90. The fourth-order valence-corrected chi connectivity index (χ4v) is 1.80. The molecular formula is C11H8Cl2N2. The molecule has 2 aromatic rings. The molecule has 0 aliphatic heterocycles. The van der Waals surface area contributed by atoms with Crippen molar-refractivity contribution in [3.05, 3.63) is 46.6 Å². The minimum absolute atomic E-state index is 0.570. The van der Waals surface area contributed by atoms with Crippen LogP contribution in [0.5, 0.6) is 0 Å². The zero-order valence-electron chi connectivity index (χ0n) is 7.74. The second-order valence-electron chi connectivity index (χ2n) is 3.10. The summed E-state index contributed by atoms with van der Waals surface area (Å²) in [6, 6.07) is 8.78. The van der Waals surface area contributed by atoms with Gasteiger partial charge in [-0.1, -0.05) is 23.2 Å². The maximum Gasteiger partial charge on any atom is 0.0737 e. The Labute approximate surface area is 97.7 Å². The molecule has 0 fully saturated rings. The Morgan fingerprint density at radius 1 is 1.07 bits per heavy atom. The Morgan fingerprint density at radius 2 is 1.87 bits per heavy atom. The van der Waals surface area contributed by atoms with E-state index in [2.05, 4.69) is 4.98 Å². The van der Waals surface area contributed by atoms with Crippen LogP contribution < -0.4 is 5.73 Å². The highest BCUT2D eigenvalue weighted by Crippen LogP contribution is 2.29. The largest absolute Gasteiger partial charge is 0.399 e. The lowest BCUT2D eigenvalue weighted by atomic mass is 10.1.